The molecule has 1 heterocycles. The van der Waals surface area contributed by atoms with Crippen LogP contribution in [-0.4, -0.2) is 40.9 Å². The number of hydrogen-bond acceptors (Lipinski definition) is 4. The Morgan fingerprint density at radius 1 is 0.711 bits per heavy atom. The van der Waals surface area contributed by atoms with Crippen LogP contribution < -0.4 is 4.74 Å². The largest absolute Gasteiger partial charge is 0.492 e. The molecule has 0 aliphatic carbocycles. The third kappa shape index (κ3) is 6.70. The normalized spacial score (nSPS) is 16.8. The van der Waals surface area contributed by atoms with Gasteiger partial charge in [0.2, 0.25) is 0 Å². The Kier molecular flexibility index (Phi) is 9.39. The molecule has 0 saturated carbocycles. The van der Waals surface area contributed by atoms with Crippen molar-refractivity contribution in [2.24, 2.45) is 0 Å². The standard InChI is InChI=1S/C40H40ClNO3/c1-30-14-18-32(19-15-30)39(43,29-31-16-22-36(41)23-17-31)33-20-24-37(25-21-33)45-28-27-42-26-8-13-38(42)40(44,34-9-4-2-5-10-34)35-11-6-3-7-12-35/h2-7,9-12,14-25,38,43-44H,8,13,26-29H2,1H3/t38-,39?/m0/s1. The molecule has 1 saturated heterocycles. The number of benzene rings is 5. The van der Waals surface area contributed by atoms with Crippen molar-refractivity contribution in [1.82, 2.24) is 4.90 Å². The van der Waals surface area contributed by atoms with Gasteiger partial charge in [-0.15, -0.1) is 0 Å². The van der Waals surface area contributed by atoms with Gasteiger partial charge in [-0.1, -0.05) is 126 Å². The molecule has 45 heavy (non-hydrogen) atoms. The molecule has 2 atom stereocenters. The quantitative estimate of drug-likeness (QED) is 0.158. The summed E-state index contributed by atoms with van der Waals surface area (Å²) in [5, 5.41) is 25.2. The second-order valence-corrected chi connectivity index (χ2v) is 12.5. The van der Waals surface area contributed by atoms with Gasteiger partial charge in [0.05, 0.1) is 0 Å². The fourth-order valence-electron chi connectivity index (χ4n) is 6.71. The van der Waals surface area contributed by atoms with Crippen molar-refractivity contribution in [3.8, 4) is 5.75 Å². The van der Waals surface area contributed by atoms with Gasteiger partial charge in [-0.2, -0.15) is 0 Å². The molecule has 0 radical (unpaired) electrons. The third-order valence-corrected chi connectivity index (χ3v) is 9.41. The number of halogens is 1. The highest BCUT2D eigenvalue weighted by Crippen LogP contribution is 2.40. The number of ether oxygens (including phenoxy) is 1. The molecule has 230 valence electrons. The van der Waals surface area contributed by atoms with Gasteiger partial charge in [-0.05, 0) is 78.4 Å². The Bertz CT molecular complexity index is 1620. The monoisotopic (exact) mass is 617 g/mol. The average molecular weight is 618 g/mol. The van der Waals surface area contributed by atoms with E-state index in [9.17, 15) is 10.2 Å². The number of rotatable bonds is 11. The number of aryl methyl sites for hydroxylation is 1. The van der Waals surface area contributed by atoms with Crippen LogP contribution in [0.3, 0.4) is 0 Å². The fraction of sp³-hybridized carbons (Fsp3) is 0.250. The first-order valence-corrected chi connectivity index (χ1v) is 16.1. The van der Waals surface area contributed by atoms with E-state index in [2.05, 4.69) is 4.90 Å². The summed E-state index contributed by atoms with van der Waals surface area (Å²) in [6, 6.07) is 43.4. The van der Waals surface area contributed by atoms with Crippen molar-refractivity contribution in [3.05, 3.63) is 172 Å². The van der Waals surface area contributed by atoms with E-state index in [0.717, 1.165) is 58.5 Å². The zero-order valence-electron chi connectivity index (χ0n) is 25.6. The maximum atomic E-state index is 12.4. The Morgan fingerprint density at radius 2 is 1.27 bits per heavy atom. The topological polar surface area (TPSA) is 52.9 Å². The first-order valence-electron chi connectivity index (χ1n) is 15.7. The predicted molar refractivity (Wildman–Crippen MR) is 182 cm³/mol. The van der Waals surface area contributed by atoms with Gasteiger partial charge in [0, 0.05) is 24.0 Å². The lowest BCUT2D eigenvalue weighted by Crippen LogP contribution is -2.49. The van der Waals surface area contributed by atoms with Crippen LogP contribution in [0.2, 0.25) is 5.02 Å². The summed E-state index contributed by atoms with van der Waals surface area (Å²) >= 11 is 6.13. The number of nitrogens with zero attached hydrogens (tertiary/aromatic N) is 1. The van der Waals surface area contributed by atoms with Crippen LogP contribution in [0, 0.1) is 6.92 Å². The van der Waals surface area contributed by atoms with Gasteiger partial charge in [-0.3, -0.25) is 4.90 Å². The Labute approximate surface area is 271 Å². The summed E-state index contributed by atoms with van der Waals surface area (Å²) in [6.45, 7) is 4.13. The van der Waals surface area contributed by atoms with Gasteiger partial charge in [0.15, 0.2) is 0 Å². The summed E-state index contributed by atoms with van der Waals surface area (Å²) in [4.78, 5) is 2.36. The molecular formula is C40H40ClNO3. The van der Waals surface area contributed by atoms with Gasteiger partial charge in [0.25, 0.3) is 0 Å². The van der Waals surface area contributed by atoms with E-state index in [-0.39, 0.29) is 6.04 Å². The van der Waals surface area contributed by atoms with Crippen molar-refractivity contribution in [2.45, 2.75) is 43.4 Å². The zero-order chi connectivity index (χ0) is 31.3. The van der Waals surface area contributed by atoms with Crippen LogP contribution in [0.25, 0.3) is 0 Å². The summed E-state index contributed by atoms with van der Waals surface area (Å²) in [6.07, 6.45) is 2.34. The zero-order valence-corrected chi connectivity index (χ0v) is 26.4. The summed E-state index contributed by atoms with van der Waals surface area (Å²) < 4.78 is 6.24. The van der Waals surface area contributed by atoms with Crippen molar-refractivity contribution >= 4 is 11.6 Å². The van der Waals surface area contributed by atoms with Crippen molar-refractivity contribution in [1.29, 1.82) is 0 Å². The Morgan fingerprint density at radius 3 is 1.84 bits per heavy atom. The fourth-order valence-corrected chi connectivity index (χ4v) is 6.83. The summed E-state index contributed by atoms with van der Waals surface area (Å²) in [7, 11) is 0. The smallest absolute Gasteiger partial charge is 0.130 e. The highest BCUT2D eigenvalue weighted by Gasteiger charge is 2.45. The Balaban J connectivity index is 1.17. The second kappa shape index (κ2) is 13.6. The molecule has 0 amide bonds. The van der Waals surface area contributed by atoms with E-state index >= 15 is 0 Å². The molecule has 5 aromatic rings. The molecule has 4 nitrogen and oxygen atoms in total. The third-order valence-electron chi connectivity index (χ3n) is 9.16. The predicted octanol–water partition coefficient (Wildman–Crippen LogP) is 7.91. The first kappa shape index (κ1) is 31.1. The summed E-state index contributed by atoms with van der Waals surface area (Å²) in [5.41, 5.74) is 3.24. The minimum Gasteiger partial charge on any atom is -0.492 e. The van der Waals surface area contributed by atoms with Crippen molar-refractivity contribution in [3.63, 3.8) is 0 Å². The molecular weight excluding hydrogens is 578 g/mol. The van der Waals surface area contributed by atoms with Gasteiger partial charge in [-0.25, -0.2) is 0 Å². The number of aliphatic hydroxyl groups is 2. The van der Waals surface area contributed by atoms with Crippen LogP contribution in [0.4, 0.5) is 0 Å². The van der Waals surface area contributed by atoms with E-state index < -0.39 is 11.2 Å². The van der Waals surface area contributed by atoms with E-state index in [1.54, 1.807) is 0 Å². The van der Waals surface area contributed by atoms with Crippen LogP contribution in [0.15, 0.2) is 133 Å². The van der Waals surface area contributed by atoms with E-state index in [1.165, 1.54) is 0 Å². The van der Waals surface area contributed by atoms with E-state index in [4.69, 9.17) is 16.3 Å². The highest BCUT2D eigenvalue weighted by molar-refractivity contribution is 6.30. The van der Waals surface area contributed by atoms with Gasteiger partial charge in [0.1, 0.15) is 23.6 Å². The van der Waals surface area contributed by atoms with Crippen LogP contribution >= 0.6 is 11.6 Å². The van der Waals surface area contributed by atoms with E-state index in [0.29, 0.717) is 24.6 Å². The second-order valence-electron chi connectivity index (χ2n) is 12.1. The molecule has 5 aromatic carbocycles. The minimum atomic E-state index is -1.22. The molecule has 0 spiro atoms. The SMILES string of the molecule is Cc1ccc(C(O)(Cc2ccc(Cl)cc2)c2ccc(OCCN3CCC[C@H]3C(O)(c3ccccc3)c3ccccc3)cc2)cc1. The molecule has 0 bridgehead atoms. The molecule has 1 fully saturated rings. The lowest BCUT2D eigenvalue weighted by atomic mass is 9.79. The maximum Gasteiger partial charge on any atom is 0.130 e. The Hall–Kier alpha value is -3.93. The lowest BCUT2D eigenvalue weighted by molar-refractivity contribution is -0.00700. The first-order chi connectivity index (χ1) is 21.9. The van der Waals surface area contributed by atoms with Crippen molar-refractivity contribution in [2.75, 3.05) is 19.7 Å². The molecule has 2 N–H and O–H groups in total. The van der Waals surface area contributed by atoms with Gasteiger partial charge < -0.3 is 14.9 Å². The number of likely N-dealkylation sites (tertiary alicyclic amines) is 1. The van der Waals surface area contributed by atoms with Gasteiger partial charge >= 0.3 is 0 Å². The highest BCUT2D eigenvalue weighted by atomic mass is 35.5. The molecule has 1 unspecified atom stereocenters. The van der Waals surface area contributed by atoms with Crippen LogP contribution in [0.1, 0.15) is 46.2 Å². The molecule has 5 heteroatoms. The minimum absolute atomic E-state index is 0.0642. The molecule has 6 rings (SSSR count). The summed E-state index contributed by atoms with van der Waals surface area (Å²) in [5.74, 6) is 0.744. The maximum absolute atomic E-state index is 12.4. The molecule has 0 aromatic heterocycles. The van der Waals surface area contributed by atoms with Crippen LogP contribution in [0.5, 0.6) is 5.75 Å². The van der Waals surface area contributed by atoms with Crippen molar-refractivity contribution < 1.29 is 14.9 Å². The van der Waals surface area contributed by atoms with Crippen LogP contribution in [-0.2, 0) is 17.6 Å². The molecule has 1 aliphatic rings. The average Bonchev–Trinajstić information content (AvgIpc) is 3.56. The molecule has 1 aliphatic heterocycles. The lowest BCUT2D eigenvalue weighted by Gasteiger charge is -2.40. The van der Waals surface area contributed by atoms with E-state index in [1.807, 2.05) is 140 Å². The number of hydrogen-bond donors (Lipinski definition) is 2.